The summed E-state index contributed by atoms with van der Waals surface area (Å²) in [6.45, 7) is 5.98. The highest BCUT2D eigenvalue weighted by atomic mass is 32.2. The lowest BCUT2D eigenvalue weighted by Gasteiger charge is -2.19. The lowest BCUT2D eigenvalue weighted by molar-refractivity contribution is 0.0600. The average molecular weight is 391 g/mol. The van der Waals surface area contributed by atoms with E-state index in [9.17, 15) is 13.2 Å². The zero-order chi connectivity index (χ0) is 20.0. The van der Waals surface area contributed by atoms with Gasteiger partial charge in [0.15, 0.2) is 0 Å². The lowest BCUT2D eigenvalue weighted by Crippen LogP contribution is -2.20. The molecule has 0 fully saturated rings. The van der Waals surface area contributed by atoms with Crippen molar-refractivity contribution in [3.05, 3.63) is 53.6 Å². The number of hydrogen-bond acceptors (Lipinski definition) is 5. The number of rotatable bonds is 8. The van der Waals surface area contributed by atoms with E-state index in [0.717, 1.165) is 18.4 Å². The fourth-order valence-electron chi connectivity index (χ4n) is 2.71. The van der Waals surface area contributed by atoms with Crippen LogP contribution < -0.4 is 10.0 Å². The van der Waals surface area contributed by atoms with Gasteiger partial charge in [-0.1, -0.05) is 31.0 Å². The predicted molar refractivity (Wildman–Crippen MR) is 108 cm³/mol. The Kier molecular flexibility index (Phi) is 6.85. The molecule has 0 saturated heterocycles. The Morgan fingerprint density at radius 2 is 1.81 bits per heavy atom. The number of benzene rings is 2. The number of aryl methyl sites for hydroxylation is 1. The molecular weight excluding hydrogens is 364 g/mol. The predicted octanol–water partition coefficient (Wildman–Crippen LogP) is 4.18. The van der Waals surface area contributed by atoms with Gasteiger partial charge in [-0.3, -0.25) is 4.72 Å². The Morgan fingerprint density at radius 1 is 1.15 bits per heavy atom. The second kappa shape index (κ2) is 8.90. The molecule has 0 aromatic heterocycles. The quantitative estimate of drug-likeness (QED) is 0.661. The molecule has 2 N–H and O–H groups in total. The van der Waals surface area contributed by atoms with Gasteiger partial charge >= 0.3 is 5.97 Å². The highest BCUT2D eigenvalue weighted by Crippen LogP contribution is 2.27. The molecule has 1 atom stereocenters. The maximum Gasteiger partial charge on any atom is 0.337 e. The molecule has 0 aliphatic rings. The number of carbonyl (C=O) groups excluding carboxylic acids is 1. The molecule has 6 nitrogen and oxygen atoms in total. The molecular formula is C20H26N2O4S. The van der Waals surface area contributed by atoms with E-state index in [-0.39, 0.29) is 16.5 Å². The Labute approximate surface area is 161 Å². The molecule has 0 unspecified atom stereocenters. The van der Waals surface area contributed by atoms with E-state index in [1.807, 2.05) is 26.0 Å². The van der Waals surface area contributed by atoms with Crippen LogP contribution >= 0.6 is 0 Å². The minimum Gasteiger partial charge on any atom is -0.465 e. The van der Waals surface area contributed by atoms with E-state index in [1.54, 1.807) is 24.3 Å². The molecule has 0 radical (unpaired) electrons. The lowest BCUT2D eigenvalue weighted by atomic mass is 10.1. The van der Waals surface area contributed by atoms with E-state index in [1.165, 1.54) is 13.2 Å². The molecule has 7 heteroatoms. The summed E-state index contributed by atoms with van der Waals surface area (Å²) in [7, 11) is -2.64. The van der Waals surface area contributed by atoms with Crippen molar-refractivity contribution >= 4 is 27.4 Å². The number of anilines is 2. The van der Waals surface area contributed by atoms with Crippen molar-refractivity contribution in [3.8, 4) is 0 Å². The number of hydrogen-bond donors (Lipinski definition) is 2. The van der Waals surface area contributed by atoms with Crippen LogP contribution in [0.1, 0.15) is 42.6 Å². The summed E-state index contributed by atoms with van der Waals surface area (Å²) >= 11 is 0. The monoisotopic (exact) mass is 390 g/mol. The Balaban J connectivity index is 2.45. The molecule has 0 spiro atoms. The number of sulfonamides is 1. The molecule has 0 bridgehead atoms. The molecule has 0 aliphatic heterocycles. The van der Waals surface area contributed by atoms with Gasteiger partial charge in [0.25, 0.3) is 10.0 Å². The van der Waals surface area contributed by atoms with Crippen molar-refractivity contribution in [2.75, 3.05) is 17.1 Å². The highest BCUT2D eigenvalue weighted by molar-refractivity contribution is 7.92. The van der Waals surface area contributed by atoms with Crippen molar-refractivity contribution in [2.24, 2.45) is 0 Å². The summed E-state index contributed by atoms with van der Waals surface area (Å²) in [5, 5.41) is 3.23. The first-order valence-electron chi connectivity index (χ1n) is 8.85. The summed E-state index contributed by atoms with van der Waals surface area (Å²) in [6.07, 6.45) is 1.86. The Bertz CT molecular complexity index is 893. The standard InChI is InChI=1S/C20H26N2O4S/c1-5-6-15(3)21-18-12-9-16(20(23)26-4)13-19(18)27(24,25)22-17-10-7-14(2)8-11-17/h7-13,15,21-22H,5-6H2,1-4H3/t15-/m0/s1. The van der Waals surface area contributed by atoms with Crippen LogP contribution in [-0.4, -0.2) is 27.5 Å². The van der Waals surface area contributed by atoms with E-state index < -0.39 is 16.0 Å². The van der Waals surface area contributed by atoms with Crippen LogP contribution in [0.5, 0.6) is 0 Å². The molecule has 27 heavy (non-hydrogen) atoms. The highest BCUT2D eigenvalue weighted by Gasteiger charge is 2.22. The second-order valence-electron chi connectivity index (χ2n) is 6.51. The largest absolute Gasteiger partial charge is 0.465 e. The summed E-state index contributed by atoms with van der Waals surface area (Å²) in [4.78, 5) is 11.9. The van der Waals surface area contributed by atoms with Gasteiger partial charge < -0.3 is 10.1 Å². The van der Waals surface area contributed by atoms with Gasteiger partial charge in [-0.15, -0.1) is 0 Å². The van der Waals surface area contributed by atoms with Gasteiger partial charge in [-0.25, -0.2) is 13.2 Å². The molecule has 0 saturated carbocycles. The zero-order valence-corrected chi connectivity index (χ0v) is 16.9. The van der Waals surface area contributed by atoms with Gasteiger partial charge in [0.2, 0.25) is 0 Å². The fraction of sp³-hybridized carbons (Fsp3) is 0.350. The van der Waals surface area contributed by atoms with Crippen molar-refractivity contribution < 1.29 is 17.9 Å². The first-order chi connectivity index (χ1) is 12.8. The summed E-state index contributed by atoms with van der Waals surface area (Å²) < 4.78 is 33.3. The normalized spacial score (nSPS) is 12.3. The minimum absolute atomic E-state index is 0.00827. The molecule has 2 aromatic rings. The fourth-order valence-corrected chi connectivity index (χ4v) is 3.97. The third-order valence-electron chi connectivity index (χ3n) is 4.12. The van der Waals surface area contributed by atoms with Crippen LogP contribution in [0.15, 0.2) is 47.4 Å². The van der Waals surface area contributed by atoms with E-state index in [4.69, 9.17) is 4.74 Å². The van der Waals surface area contributed by atoms with E-state index >= 15 is 0 Å². The zero-order valence-electron chi connectivity index (χ0n) is 16.1. The number of nitrogens with one attached hydrogen (secondary N) is 2. The number of esters is 1. The van der Waals surface area contributed by atoms with Crippen LogP contribution in [0.4, 0.5) is 11.4 Å². The first-order valence-corrected chi connectivity index (χ1v) is 10.3. The molecule has 0 aliphatic carbocycles. The van der Waals surface area contributed by atoms with Gasteiger partial charge in [-0.05, 0) is 50.6 Å². The molecule has 0 heterocycles. The summed E-state index contributed by atoms with van der Waals surface area (Å²) in [6, 6.07) is 11.6. The van der Waals surface area contributed by atoms with Crippen molar-refractivity contribution in [1.29, 1.82) is 0 Å². The van der Waals surface area contributed by atoms with Crippen molar-refractivity contribution in [2.45, 2.75) is 44.6 Å². The topological polar surface area (TPSA) is 84.5 Å². The van der Waals surface area contributed by atoms with Crippen LogP contribution in [0.2, 0.25) is 0 Å². The maximum absolute atomic E-state index is 13.0. The average Bonchev–Trinajstić information content (AvgIpc) is 2.63. The van der Waals surface area contributed by atoms with E-state index in [2.05, 4.69) is 17.0 Å². The molecule has 0 amide bonds. The van der Waals surface area contributed by atoms with Crippen LogP contribution in [0.25, 0.3) is 0 Å². The van der Waals surface area contributed by atoms with Gasteiger partial charge in [0, 0.05) is 11.7 Å². The molecule has 2 rings (SSSR count). The van der Waals surface area contributed by atoms with Crippen molar-refractivity contribution in [3.63, 3.8) is 0 Å². The van der Waals surface area contributed by atoms with E-state index in [0.29, 0.717) is 11.4 Å². The van der Waals surface area contributed by atoms with Crippen LogP contribution in [0.3, 0.4) is 0 Å². The minimum atomic E-state index is -3.90. The third kappa shape index (κ3) is 5.47. The van der Waals surface area contributed by atoms with Crippen LogP contribution in [0, 0.1) is 6.92 Å². The third-order valence-corrected chi connectivity index (χ3v) is 5.54. The number of methoxy groups -OCH3 is 1. The Morgan fingerprint density at radius 3 is 2.41 bits per heavy atom. The van der Waals surface area contributed by atoms with Crippen LogP contribution in [-0.2, 0) is 14.8 Å². The first kappa shape index (κ1) is 20.8. The SMILES string of the molecule is CCC[C@H](C)Nc1ccc(C(=O)OC)cc1S(=O)(=O)Nc1ccc(C)cc1. The summed E-state index contributed by atoms with van der Waals surface area (Å²) in [5.41, 5.74) is 2.11. The summed E-state index contributed by atoms with van der Waals surface area (Å²) in [5.74, 6) is -0.588. The molecule has 2 aromatic carbocycles. The van der Waals surface area contributed by atoms with Gasteiger partial charge in [0.1, 0.15) is 4.90 Å². The smallest absolute Gasteiger partial charge is 0.337 e. The van der Waals surface area contributed by atoms with Gasteiger partial charge in [-0.2, -0.15) is 0 Å². The maximum atomic E-state index is 13.0. The number of ether oxygens (including phenoxy) is 1. The van der Waals surface area contributed by atoms with Crippen molar-refractivity contribution in [1.82, 2.24) is 0 Å². The number of carbonyl (C=O) groups is 1. The Hall–Kier alpha value is -2.54. The second-order valence-corrected chi connectivity index (χ2v) is 8.16. The van der Waals surface area contributed by atoms with Gasteiger partial charge in [0.05, 0.1) is 18.4 Å². The molecule has 146 valence electrons.